The monoisotopic (exact) mass is 353 g/mol. The number of hydrogen-bond donors (Lipinski definition) is 1. The highest BCUT2D eigenvalue weighted by Crippen LogP contribution is 2.22. The number of nitrogens with one attached hydrogen (secondary N) is 1. The normalized spacial score (nSPS) is 10.7. The van der Waals surface area contributed by atoms with Crippen LogP contribution in [-0.2, 0) is 11.3 Å². The van der Waals surface area contributed by atoms with E-state index in [1.165, 1.54) is 12.3 Å². The SMILES string of the molecule is COc1ccc(CN(C)CC(=O)Nc2ncc(Cl)cc2Cl)cc1. The molecule has 1 aromatic carbocycles. The standard InChI is InChI=1S/C16H17Cl2N3O2/c1-21(9-11-3-5-13(23-2)6-4-11)10-15(22)20-16-14(18)7-12(17)8-19-16/h3-8H,9-10H2,1-2H3,(H,19,20,22). The van der Waals surface area contributed by atoms with Gasteiger partial charge in [0.15, 0.2) is 5.82 Å². The molecular weight excluding hydrogens is 337 g/mol. The largest absolute Gasteiger partial charge is 0.497 e. The molecule has 0 saturated carbocycles. The van der Waals surface area contributed by atoms with Crippen molar-refractivity contribution in [3.8, 4) is 5.75 Å². The van der Waals surface area contributed by atoms with Crippen molar-refractivity contribution in [3.63, 3.8) is 0 Å². The van der Waals surface area contributed by atoms with Crippen molar-refractivity contribution in [1.82, 2.24) is 9.88 Å². The number of anilines is 1. The number of ether oxygens (including phenoxy) is 1. The molecule has 0 bridgehead atoms. The number of hydrogen-bond acceptors (Lipinski definition) is 4. The summed E-state index contributed by atoms with van der Waals surface area (Å²) in [4.78, 5) is 17.9. The fourth-order valence-corrected chi connectivity index (χ4v) is 2.45. The second kappa shape index (κ2) is 8.15. The van der Waals surface area contributed by atoms with Gasteiger partial charge in [-0.25, -0.2) is 4.98 Å². The van der Waals surface area contributed by atoms with Gasteiger partial charge in [-0.05, 0) is 30.8 Å². The highest BCUT2D eigenvalue weighted by molar-refractivity contribution is 6.36. The first kappa shape index (κ1) is 17.5. The molecule has 7 heteroatoms. The van der Waals surface area contributed by atoms with Crippen LogP contribution in [0.25, 0.3) is 0 Å². The Labute approximate surface area is 145 Å². The fourth-order valence-electron chi connectivity index (χ4n) is 2.02. The van der Waals surface area contributed by atoms with Crippen molar-refractivity contribution < 1.29 is 9.53 Å². The van der Waals surface area contributed by atoms with Gasteiger partial charge in [-0.2, -0.15) is 0 Å². The van der Waals surface area contributed by atoms with E-state index >= 15 is 0 Å². The zero-order valence-electron chi connectivity index (χ0n) is 12.8. The first-order valence-corrected chi connectivity index (χ1v) is 7.66. The Balaban J connectivity index is 1.88. The van der Waals surface area contributed by atoms with Crippen molar-refractivity contribution in [2.45, 2.75) is 6.54 Å². The smallest absolute Gasteiger partial charge is 0.239 e. The van der Waals surface area contributed by atoms with Crippen molar-refractivity contribution in [3.05, 3.63) is 52.1 Å². The molecule has 1 N–H and O–H groups in total. The van der Waals surface area contributed by atoms with E-state index in [2.05, 4.69) is 10.3 Å². The molecule has 23 heavy (non-hydrogen) atoms. The molecular formula is C16H17Cl2N3O2. The summed E-state index contributed by atoms with van der Waals surface area (Å²) in [6, 6.07) is 9.24. The molecule has 1 aromatic heterocycles. The highest BCUT2D eigenvalue weighted by Gasteiger charge is 2.11. The second-order valence-corrected chi connectivity index (χ2v) is 5.90. The molecule has 2 aromatic rings. The van der Waals surface area contributed by atoms with Crippen LogP contribution in [0.4, 0.5) is 5.82 Å². The van der Waals surface area contributed by atoms with Crippen molar-refractivity contribution in [2.24, 2.45) is 0 Å². The summed E-state index contributed by atoms with van der Waals surface area (Å²) in [7, 11) is 3.49. The zero-order valence-corrected chi connectivity index (χ0v) is 14.4. The highest BCUT2D eigenvalue weighted by atomic mass is 35.5. The predicted molar refractivity (Wildman–Crippen MR) is 92.2 cm³/mol. The van der Waals surface area contributed by atoms with Crippen LogP contribution in [0.2, 0.25) is 10.0 Å². The van der Waals surface area contributed by atoms with E-state index < -0.39 is 0 Å². The van der Waals surface area contributed by atoms with E-state index in [9.17, 15) is 4.79 Å². The Bertz CT molecular complexity index is 678. The summed E-state index contributed by atoms with van der Waals surface area (Å²) in [5, 5.41) is 3.40. The summed E-state index contributed by atoms with van der Waals surface area (Å²) in [6.07, 6.45) is 1.43. The number of likely N-dealkylation sites (N-methyl/N-ethyl adjacent to an activating group) is 1. The van der Waals surface area contributed by atoms with Crippen LogP contribution >= 0.6 is 23.2 Å². The third kappa shape index (κ3) is 5.39. The summed E-state index contributed by atoms with van der Waals surface area (Å²) in [5.74, 6) is 0.911. The number of carbonyl (C=O) groups excluding carboxylic acids is 1. The number of benzene rings is 1. The van der Waals surface area contributed by atoms with Crippen molar-refractivity contribution in [2.75, 3.05) is 26.0 Å². The maximum Gasteiger partial charge on any atom is 0.239 e. The number of nitrogens with zero attached hydrogens (tertiary/aromatic N) is 2. The summed E-state index contributed by atoms with van der Waals surface area (Å²) in [6.45, 7) is 0.853. The molecule has 0 radical (unpaired) electrons. The third-order valence-corrected chi connectivity index (χ3v) is 3.59. The quantitative estimate of drug-likeness (QED) is 0.863. The van der Waals surface area contributed by atoms with E-state index in [1.807, 2.05) is 36.2 Å². The zero-order chi connectivity index (χ0) is 16.8. The van der Waals surface area contributed by atoms with Gasteiger partial charge in [-0.3, -0.25) is 9.69 Å². The number of carbonyl (C=O) groups is 1. The van der Waals surface area contributed by atoms with Crippen LogP contribution in [0.1, 0.15) is 5.56 Å². The van der Waals surface area contributed by atoms with Crippen molar-refractivity contribution in [1.29, 1.82) is 0 Å². The molecule has 1 heterocycles. The van der Waals surface area contributed by atoms with Gasteiger partial charge in [0.25, 0.3) is 0 Å². The molecule has 122 valence electrons. The van der Waals surface area contributed by atoms with Gasteiger partial charge in [0.1, 0.15) is 5.75 Å². The maximum absolute atomic E-state index is 12.0. The van der Waals surface area contributed by atoms with Crippen LogP contribution in [0.5, 0.6) is 5.75 Å². The van der Waals surface area contributed by atoms with Gasteiger partial charge in [0, 0.05) is 12.7 Å². The Morgan fingerprint density at radius 2 is 2.00 bits per heavy atom. The summed E-state index contributed by atoms with van der Waals surface area (Å²) < 4.78 is 5.12. The molecule has 0 aliphatic carbocycles. The minimum absolute atomic E-state index is 0.197. The lowest BCUT2D eigenvalue weighted by molar-refractivity contribution is -0.117. The molecule has 0 unspecified atom stereocenters. The van der Waals surface area contributed by atoms with Gasteiger partial charge in [-0.15, -0.1) is 0 Å². The van der Waals surface area contributed by atoms with E-state index in [0.717, 1.165) is 11.3 Å². The predicted octanol–water partition coefficient (Wildman–Crippen LogP) is 3.47. The van der Waals surface area contributed by atoms with Gasteiger partial charge in [0.05, 0.1) is 23.7 Å². The average Bonchev–Trinajstić information content (AvgIpc) is 2.50. The lowest BCUT2D eigenvalue weighted by atomic mass is 10.2. The molecule has 2 rings (SSSR count). The molecule has 0 aliphatic heterocycles. The van der Waals surface area contributed by atoms with Crippen LogP contribution in [0.15, 0.2) is 36.5 Å². The molecule has 0 aliphatic rings. The van der Waals surface area contributed by atoms with Gasteiger partial charge >= 0.3 is 0 Å². The molecule has 1 amide bonds. The molecule has 0 atom stereocenters. The Kier molecular flexibility index (Phi) is 6.21. The van der Waals surface area contributed by atoms with Gasteiger partial charge in [-0.1, -0.05) is 35.3 Å². The lowest BCUT2D eigenvalue weighted by Crippen LogP contribution is -2.30. The van der Waals surface area contributed by atoms with Gasteiger partial charge in [0.2, 0.25) is 5.91 Å². The topological polar surface area (TPSA) is 54.5 Å². The molecule has 0 spiro atoms. The maximum atomic E-state index is 12.0. The van der Waals surface area contributed by atoms with Gasteiger partial charge < -0.3 is 10.1 Å². The first-order valence-electron chi connectivity index (χ1n) is 6.90. The Morgan fingerprint density at radius 3 is 2.61 bits per heavy atom. The van der Waals surface area contributed by atoms with E-state index in [4.69, 9.17) is 27.9 Å². The summed E-state index contributed by atoms with van der Waals surface area (Å²) >= 11 is 11.8. The third-order valence-electron chi connectivity index (χ3n) is 3.09. The minimum Gasteiger partial charge on any atom is -0.497 e. The number of pyridine rings is 1. The number of methoxy groups -OCH3 is 1. The molecule has 0 fully saturated rings. The van der Waals surface area contributed by atoms with Crippen molar-refractivity contribution >= 4 is 34.9 Å². The van der Waals surface area contributed by atoms with E-state index in [0.29, 0.717) is 22.4 Å². The number of aromatic nitrogens is 1. The minimum atomic E-state index is -0.197. The second-order valence-electron chi connectivity index (χ2n) is 5.05. The fraction of sp³-hybridized carbons (Fsp3) is 0.250. The Hall–Kier alpha value is -1.82. The molecule has 5 nitrogen and oxygen atoms in total. The molecule has 0 saturated heterocycles. The number of rotatable bonds is 6. The van der Waals surface area contributed by atoms with Crippen LogP contribution in [0, 0.1) is 0 Å². The first-order chi connectivity index (χ1) is 11.0. The lowest BCUT2D eigenvalue weighted by Gasteiger charge is -2.16. The van der Waals surface area contributed by atoms with Crippen LogP contribution in [-0.4, -0.2) is 36.5 Å². The summed E-state index contributed by atoms with van der Waals surface area (Å²) in [5.41, 5.74) is 1.09. The number of halogens is 2. The van der Waals surface area contributed by atoms with E-state index in [-0.39, 0.29) is 12.5 Å². The Morgan fingerprint density at radius 1 is 1.30 bits per heavy atom. The number of amides is 1. The average molecular weight is 354 g/mol. The van der Waals surface area contributed by atoms with Crippen LogP contribution in [0.3, 0.4) is 0 Å². The van der Waals surface area contributed by atoms with E-state index in [1.54, 1.807) is 7.11 Å². The van der Waals surface area contributed by atoms with Crippen LogP contribution < -0.4 is 10.1 Å².